The van der Waals surface area contributed by atoms with E-state index in [1.165, 1.54) is 10.4 Å². The van der Waals surface area contributed by atoms with Crippen molar-refractivity contribution in [2.45, 2.75) is 57.0 Å². The molecule has 0 aromatic heterocycles. The highest BCUT2D eigenvalue weighted by Gasteiger charge is 2.56. The summed E-state index contributed by atoms with van der Waals surface area (Å²) in [4.78, 5) is 0. The van der Waals surface area contributed by atoms with Gasteiger partial charge in [-0.1, -0.05) is 87.5 Å². The van der Waals surface area contributed by atoms with Crippen LogP contribution < -0.4 is 10.4 Å². The quantitative estimate of drug-likeness (QED) is 0.294. The number of hydrogen-bond acceptors (Lipinski definition) is 5. The fraction of sp³-hybridized carbons (Fsp3) is 0.444. The summed E-state index contributed by atoms with van der Waals surface area (Å²) in [7, 11) is -1.04. The molecule has 1 saturated heterocycles. The molecule has 0 aliphatic carbocycles. The standard InChI is InChI=1S/C27H36O4SSi/c1-7-18-27(25(28-6)24(19-29-27)31-21(2)32)20-30-33(26(3,4)5,22-14-10-8-11-15-22)23-16-12-9-13-17-23/h7-17,24-25H,1,18-20H2,2-6H3/t24-,25-,27+/m0/s1. The first kappa shape index (κ1) is 25.8. The van der Waals surface area contributed by atoms with Crippen molar-refractivity contribution in [3.8, 4) is 0 Å². The molecule has 6 heteroatoms. The predicted molar refractivity (Wildman–Crippen MR) is 141 cm³/mol. The van der Waals surface area contributed by atoms with Gasteiger partial charge in [0.2, 0.25) is 0 Å². The van der Waals surface area contributed by atoms with Gasteiger partial charge in [0.15, 0.2) is 11.2 Å². The molecular weight excluding hydrogens is 448 g/mol. The first-order valence-electron chi connectivity index (χ1n) is 11.4. The maximum atomic E-state index is 7.19. The Balaban J connectivity index is 2.08. The fourth-order valence-electron chi connectivity index (χ4n) is 5.03. The van der Waals surface area contributed by atoms with E-state index in [-0.39, 0.29) is 17.2 Å². The van der Waals surface area contributed by atoms with Crippen LogP contribution in [0.2, 0.25) is 5.04 Å². The van der Waals surface area contributed by atoms with E-state index >= 15 is 0 Å². The van der Waals surface area contributed by atoms with Crippen LogP contribution >= 0.6 is 12.2 Å². The lowest BCUT2D eigenvalue weighted by Crippen LogP contribution is -2.68. The van der Waals surface area contributed by atoms with Crippen molar-refractivity contribution in [2.75, 3.05) is 20.3 Å². The van der Waals surface area contributed by atoms with E-state index in [9.17, 15) is 0 Å². The Labute approximate surface area is 205 Å². The van der Waals surface area contributed by atoms with Crippen LogP contribution in [-0.4, -0.2) is 51.5 Å². The van der Waals surface area contributed by atoms with Crippen molar-refractivity contribution in [3.63, 3.8) is 0 Å². The lowest BCUT2D eigenvalue weighted by atomic mass is 9.92. The molecular formula is C27H36O4SSi. The van der Waals surface area contributed by atoms with Crippen molar-refractivity contribution in [1.29, 1.82) is 0 Å². The molecule has 4 nitrogen and oxygen atoms in total. The molecule has 178 valence electrons. The van der Waals surface area contributed by atoms with Gasteiger partial charge in [-0.2, -0.15) is 0 Å². The normalized spacial score (nSPS) is 23.3. The van der Waals surface area contributed by atoms with E-state index in [1.807, 2.05) is 18.2 Å². The van der Waals surface area contributed by atoms with E-state index in [1.54, 1.807) is 14.0 Å². The zero-order valence-electron chi connectivity index (χ0n) is 20.4. The van der Waals surface area contributed by atoms with Crippen LogP contribution in [0.3, 0.4) is 0 Å². The van der Waals surface area contributed by atoms with Gasteiger partial charge in [0, 0.05) is 14.0 Å². The Hall–Kier alpha value is -1.83. The highest BCUT2D eigenvalue weighted by Crippen LogP contribution is 2.40. The zero-order valence-corrected chi connectivity index (χ0v) is 22.2. The van der Waals surface area contributed by atoms with Crippen LogP contribution in [0.1, 0.15) is 34.1 Å². The number of hydrogen-bond donors (Lipinski definition) is 0. The van der Waals surface area contributed by atoms with Gasteiger partial charge >= 0.3 is 0 Å². The highest BCUT2D eigenvalue weighted by molar-refractivity contribution is 7.80. The molecule has 1 fully saturated rings. The summed E-state index contributed by atoms with van der Waals surface area (Å²) in [5, 5.41) is 2.81. The van der Waals surface area contributed by atoms with Gasteiger partial charge in [-0.25, -0.2) is 0 Å². The molecule has 0 spiro atoms. The lowest BCUT2D eigenvalue weighted by molar-refractivity contribution is -0.102. The second-order valence-corrected chi connectivity index (χ2v) is 14.5. The van der Waals surface area contributed by atoms with Crippen molar-refractivity contribution >= 4 is 36.0 Å². The van der Waals surface area contributed by atoms with Crippen molar-refractivity contribution in [1.82, 2.24) is 0 Å². The third kappa shape index (κ3) is 5.15. The molecule has 0 bridgehead atoms. The Kier molecular flexibility index (Phi) is 8.29. The monoisotopic (exact) mass is 484 g/mol. The largest absolute Gasteiger partial charge is 0.479 e. The zero-order chi connectivity index (χ0) is 24.1. The predicted octanol–water partition coefficient (Wildman–Crippen LogP) is 4.66. The van der Waals surface area contributed by atoms with E-state index in [2.05, 4.69) is 75.9 Å². The van der Waals surface area contributed by atoms with E-state index < -0.39 is 13.9 Å². The van der Waals surface area contributed by atoms with Crippen molar-refractivity contribution < 1.29 is 18.6 Å². The SMILES string of the molecule is C=CC[C@]1(CO[Si](c2ccccc2)(c2ccccc2)C(C)(C)C)OC[C@H](OC(C)=S)[C@@H]1OC. The molecule has 3 rings (SSSR count). The molecule has 0 unspecified atom stereocenters. The van der Waals surface area contributed by atoms with Gasteiger partial charge in [0.1, 0.15) is 11.7 Å². The van der Waals surface area contributed by atoms with Crippen LogP contribution in [0.5, 0.6) is 0 Å². The van der Waals surface area contributed by atoms with Crippen LogP contribution in [0.4, 0.5) is 0 Å². The van der Waals surface area contributed by atoms with Gasteiger partial charge in [-0.05, 0) is 34.1 Å². The van der Waals surface area contributed by atoms with Gasteiger partial charge in [-0.15, -0.1) is 6.58 Å². The third-order valence-corrected chi connectivity index (χ3v) is 11.5. The minimum atomic E-state index is -2.73. The first-order chi connectivity index (χ1) is 15.7. The van der Waals surface area contributed by atoms with E-state index in [0.717, 1.165) is 0 Å². The number of benzene rings is 2. The van der Waals surface area contributed by atoms with Crippen LogP contribution in [0, 0.1) is 0 Å². The summed E-state index contributed by atoms with van der Waals surface area (Å²) < 4.78 is 25.4. The minimum Gasteiger partial charge on any atom is -0.479 e. The molecule has 3 atom stereocenters. The van der Waals surface area contributed by atoms with Gasteiger partial charge in [0.05, 0.1) is 13.2 Å². The van der Waals surface area contributed by atoms with Crippen LogP contribution in [0.15, 0.2) is 73.3 Å². The average Bonchev–Trinajstić information content (AvgIpc) is 3.11. The van der Waals surface area contributed by atoms with E-state index in [4.69, 9.17) is 30.9 Å². The number of rotatable bonds is 9. The van der Waals surface area contributed by atoms with Gasteiger partial charge < -0.3 is 18.6 Å². The Morgan fingerprint density at radius 1 is 1.12 bits per heavy atom. The number of ether oxygens (including phenoxy) is 3. The topological polar surface area (TPSA) is 36.9 Å². The summed E-state index contributed by atoms with van der Waals surface area (Å²) in [5.74, 6) is 0. The van der Waals surface area contributed by atoms with E-state index in [0.29, 0.717) is 24.7 Å². The molecule has 1 aliphatic rings. The smallest absolute Gasteiger partial charge is 0.261 e. The van der Waals surface area contributed by atoms with Gasteiger partial charge in [0.25, 0.3) is 8.32 Å². The molecule has 0 amide bonds. The second kappa shape index (κ2) is 10.6. The highest BCUT2D eigenvalue weighted by atomic mass is 32.1. The molecule has 2 aromatic carbocycles. The first-order valence-corrected chi connectivity index (χ1v) is 13.7. The molecule has 1 heterocycles. The van der Waals surface area contributed by atoms with Crippen molar-refractivity contribution in [2.24, 2.45) is 0 Å². The number of thiocarbonyl (C=S) groups is 1. The molecule has 0 radical (unpaired) electrons. The molecule has 0 saturated carbocycles. The minimum absolute atomic E-state index is 0.132. The molecule has 33 heavy (non-hydrogen) atoms. The summed E-state index contributed by atoms with van der Waals surface area (Å²) in [5.41, 5.74) is -0.709. The third-order valence-electron chi connectivity index (χ3n) is 6.40. The van der Waals surface area contributed by atoms with Crippen molar-refractivity contribution in [3.05, 3.63) is 73.3 Å². The molecule has 2 aromatic rings. The number of methoxy groups -OCH3 is 1. The van der Waals surface area contributed by atoms with Gasteiger partial charge in [-0.3, -0.25) is 0 Å². The summed E-state index contributed by atoms with van der Waals surface area (Å²) in [6.07, 6.45) is 1.84. The molecule has 1 aliphatic heterocycles. The summed E-state index contributed by atoms with van der Waals surface area (Å²) >= 11 is 5.20. The van der Waals surface area contributed by atoms with Crippen LogP contribution in [-0.2, 0) is 18.6 Å². The Morgan fingerprint density at radius 3 is 2.09 bits per heavy atom. The average molecular weight is 485 g/mol. The maximum absolute atomic E-state index is 7.19. The fourth-order valence-corrected chi connectivity index (χ4v) is 9.77. The maximum Gasteiger partial charge on any atom is 0.261 e. The second-order valence-electron chi connectivity index (χ2n) is 9.62. The summed E-state index contributed by atoms with van der Waals surface area (Å²) in [6.45, 7) is 13.3. The summed E-state index contributed by atoms with van der Waals surface area (Å²) in [6, 6.07) is 21.2. The lowest BCUT2D eigenvalue weighted by Gasteiger charge is -2.45. The Morgan fingerprint density at radius 2 is 1.67 bits per heavy atom. The molecule has 0 N–H and O–H groups in total. The Bertz CT molecular complexity index is 889. The van der Waals surface area contributed by atoms with Crippen LogP contribution in [0.25, 0.3) is 0 Å².